The molecule has 30 heavy (non-hydrogen) atoms. The molecule has 1 atom stereocenters. The molecule has 1 unspecified atom stereocenters. The number of nitrogens with one attached hydrogen (secondary N) is 1. The van der Waals surface area contributed by atoms with Crippen molar-refractivity contribution in [3.63, 3.8) is 0 Å². The minimum absolute atomic E-state index is 0.135. The Hall–Kier alpha value is -3.16. The second-order valence-electron chi connectivity index (χ2n) is 7.95. The molecule has 2 saturated heterocycles. The Bertz CT molecular complexity index is 882. The Kier molecular flexibility index (Phi) is 6.11. The van der Waals surface area contributed by atoms with Crippen molar-refractivity contribution < 1.29 is 9.59 Å². The average molecular weight is 409 g/mol. The number of piperazine rings is 1. The van der Waals surface area contributed by atoms with E-state index < -0.39 is 0 Å². The molecule has 3 heterocycles. The number of rotatable bonds is 3. The van der Waals surface area contributed by atoms with E-state index in [4.69, 9.17) is 0 Å². The minimum Gasteiger partial charge on any atom is -0.339 e. The fourth-order valence-electron chi connectivity index (χ4n) is 4.13. The third kappa shape index (κ3) is 4.69. The number of nitrogens with zero attached hydrogens (tertiary/aromatic N) is 5. The number of benzene rings is 1. The Labute approximate surface area is 176 Å². The van der Waals surface area contributed by atoms with Gasteiger partial charge in [0.05, 0.1) is 5.92 Å². The lowest BCUT2D eigenvalue weighted by atomic mass is 9.96. The number of piperidine rings is 1. The van der Waals surface area contributed by atoms with Crippen LogP contribution in [0, 0.1) is 12.8 Å². The standard InChI is InChI=1S/C22H28N6O2/c1-17-5-2-7-19(15-17)25-22(30)28-10-3-6-18(16-28)20(29)26-11-13-27(14-12-26)21-23-8-4-9-24-21/h2,4-5,7-9,15,18H,3,6,10-14,16H2,1H3,(H,25,30). The SMILES string of the molecule is Cc1cccc(NC(=O)N2CCCC(C(=O)N3CCN(c4ncccn4)CC3)C2)c1. The number of hydrogen-bond acceptors (Lipinski definition) is 5. The molecular weight excluding hydrogens is 380 g/mol. The summed E-state index contributed by atoms with van der Waals surface area (Å²) in [4.78, 5) is 40.2. The van der Waals surface area contributed by atoms with Gasteiger partial charge >= 0.3 is 6.03 Å². The predicted octanol–water partition coefficient (Wildman–Crippen LogP) is 2.38. The van der Waals surface area contributed by atoms with Gasteiger partial charge in [0.25, 0.3) is 0 Å². The van der Waals surface area contributed by atoms with Crippen LogP contribution < -0.4 is 10.2 Å². The first-order valence-electron chi connectivity index (χ1n) is 10.5. The van der Waals surface area contributed by atoms with Crippen molar-refractivity contribution in [1.29, 1.82) is 0 Å². The van der Waals surface area contributed by atoms with Crippen LogP contribution in [-0.4, -0.2) is 71.0 Å². The second kappa shape index (κ2) is 9.11. The van der Waals surface area contributed by atoms with Gasteiger partial charge in [-0.05, 0) is 43.5 Å². The summed E-state index contributed by atoms with van der Waals surface area (Å²) in [5.41, 5.74) is 1.88. The number of hydrogen-bond donors (Lipinski definition) is 1. The summed E-state index contributed by atoms with van der Waals surface area (Å²) in [5, 5.41) is 2.96. The first kappa shape index (κ1) is 20.1. The van der Waals surface area contributed by atoms with Crippen LogP contribution in [0.1, 0.15) is 18.4 Å². The maximum absolute atomic E-state index is 13.1. The Morgan fingerprint density at radius 1 is 1.00 bits per heavy atom. The zero-order valence-electron chi connectivity index (χ0n) is 17.3. The van der Waals surface area contributed by atoms with Crippen LogP contribution >= 0.6 is 0 Å². The summed E-state index contributed by atoms with van der Waals surface area (Å²) in [6.45, 7) is 5.90. The smallest absolute Gasteiger partial charge is 0.321 e. The van der Waals surface area contributed by atoms with E-state index in [1.807, 2.05) is 36.1 Å². The summed E-state index contributed by atoms with van der Waals surface area (Å²) >= 11 is 0. The number of amides is 3. The maximum Gasteiger partial charge on any atom is 0.321 e. The molecule has 0 saturated carbocycles. The van der Waals surface area contributed by atoms with E-state index in [0.717, 1.165) is 37.2 Å². The number of urea groups is 1. The van der Waals surface area contributed by atoms with E-state index in [1.54, 1.807) is 23.4 Å². The average Bonchev–Trinajstić information content (AvgIpc) is 2.79. The molecule has 158 valence electrons. The van der Waals surface area contributed by atoms with Crippen LogP contribution in [0.2, 0.25) is 0 Å². The molecule has 0 spiro atoms. The van der Waals surface area contributed by atoms with E-state index in [9.17, 15) is 9.59 Å². The van der Waals surface area contributed by atoms with Crippen LogP contribution in [0.25, 0.3) is 0 Å². The quantitative estimate of drug-likeness (QED) is 0.843. The van der Waals surface area contributed by atoms with Crippen LogP contribution in [0.15, 0.2) is 42.7 Å². The zero-order valence-corrected chi connectivity index (χ0v) is 17.3. The van der Waals surface area contributed by atoms with E-state index in [-0.39, 0.29) is 17.9 Å². The van der Waals surface area contributed by atoms with E-state index in [2.05, 4.69) is 20.2 Å². The molecule has 8 heteroatoms. The lowest BCUT2D eigenvalue weighted by molar-refractivity contribution is -0.137. The lowest BCUT2D eigenvalue weighted by Gasteiger charge is -2.39. The van der Waals surface area contributed by atoms with Crippen LogP contribution in [0.5, 0.6) is 0 Å². The molecule has 1 N–H and O–H groups in total. The molecule has 0 aliphatic carbocycles. The minimum atomic E-state index is -0.137. The van der Waals surface area contributed by atoms with Crippen LogP contribution in [0.4, 0.5) is 16.4 Å². The molecule has 0 radical (unpaired) electrons. The normalized spacial score (nSPS) is 19.5. The summed E-state index contributed by atoms with van der Waals surface area (Å²) in [5.74, 6) is 0.722. The monoisotopic (exact) mass is 408 g/mol. The molecular formula is C22H28N6O2. The Morgan fingerprint density at radius 3 is 2.50 bits per heavy atom. The van der Waals surface area contributed by atoms with Gasteiger partial charge in [0.15, 0.2) is 0 Å². The molecule has 8 nitrogen and oxygen atoms in total. The molecule has 1 aromatic heterocycles. The van der Waals surface area contributed by atoms with Gasteiger partial charge in [0, 0.05) is 57.3 Å². The van der Waals surface area contributed by atoms with Crippen molar-refractivity contribution in [2.75, 3.05) is 49.5 Å². The first-order valence-corrected chi connectivity index (χ1v) is 10.5. The number of carbonyl (C=O) groups is 2. The zero-order chi connectivity index (χ0) is 20.9. The van der Waals surface area contributed by atoms with Crippen molar-refractivity contribution in [3.05, 3.63) is 48.3 Å². The highest BCUT2D eigenvalue weighted by molar-refractivity contribution is 5.90. The van der Waals surface area contributed by atoms with Gasteiger partial charge in [-0.25, -0.2) is 14.8 Å². The fourth-order valence-corrected chi connectivity index (χ4v) is 4.13. The van der Waals surface area contributed by atoms with Gasteiger partial charge < -0.3 is 20.0 Å². The largest absolute Gasteiger partial charge is 0.339 e. The summed E-state index contributed by atoms with van der Waals surface area (Å²) in [6.07, 6.45) is 5.14. The Balaban J connectivity index is 1.31. The number of aryl methyl sites for hydroxylation is 1. The molecule has 0 bridgehead atoms. The van der Waals surface area contributed by atoms with E-state index in [1.165, 1.54) is 0 Å². The van der Waals surface area contributed by atoms with Crippen LogP contribution in [0.3, 0.4) is 0 Å². The van der Waals surface area contributed by atoms with Crippen molar-refractivity contribution in [2.45, 2.75) is 19.8 Å². The highest BCUT2D eigenvalue weighted by atomic mass is 16.2. The number of carbonyl (C=O) groups excluding carboxylic acids is 2. The van der Waals surface area contributed by atoms with Crippen molar-refractivity contribution >= 4 is 23.6 Å². The molecule has 3 amide bonds. The van der Waals surface area contributed by atoms with Gasteiger partial charge in [-0.1, -0.05) is 12.1 Å². The summed E-state index contributed by atoms with van der Waals surface area (Å²) < 4.78 is 0. The molecule has 2 fully saturated rings. The topological polar surface area (TPSA) is 81.7 Å². The van der Waals surface area contributed by atoms with Crippen LogP contribution in [-0.2, 0) is 4.79 Å². The van der Waals surface area contributed by atoms with Gasteiger partial charge in [0.1, 0.15) is 0 Å². The van der Waals surface area contributed by atoms with Crippen molar-refractivity contribution in [2.24, 2.45) is 5.92 Å². The highest BCUT2D eigenvalue weighted by Crippen LogP contribution is 2.21. The first-order chi connectivity index (χ1) is 14.6. The molecule has 2 aliphatic heterocycles. The molecule has 2 aliphatic rings. The van der Waals surface area contributed by atoms with Gasteiger partial charge in [0.2, 0.25) is 11.9 Å². The van der Waals surface area contributed by atoms with E-state index >= 15 is 0 Å². The third-order valence-electron chi connectivity index (χ3n) is 5.75. The Morgan fingerprint density at radius 2 is 1.77 bits per heavy atom. The van der Waals surface area contributed by atoms with Gasteiger partial charge in [-0.15, -0.1) is 0 Å². The number of likely N-dealkylation sites (tertiary alicyclic amines) is 1. The predicted molar refractivity (Wildman–Crippen MR) is 115 cm³/mol. The van der Waals surface area contributed by atoms with Crippen molar-refractivity contribution in [3.8, 4) is 0 Å². The lowest BCUT2D eigenvalue weighted by Crippen LogP contribution is -2.53. The summed E-state index contributed by atoms with van der Waals surface area (Å²) in [6, 6.07) is 9.41. The molecule has 4 rings (SSSR count). The van der Waals surface area contributed by atoms with E-state index in [0.29, 0.717) is 32.1 Å². The molecule has 1 aromatic carbocycles. The number of anilines is 2. The fraction of sp³-hybridized carbons (Fsp3) is 0.455. The third-order valence-corrected chi connectivity index (χ3v) is 5.75. The van der Waals surface area contributed by atoms with Gasteiger partial charge in [-0.3, -0.25) is 4.79 Å². The second-order valence-corrected chi connectivity index (χ2v) is 7.95. The van der Waals surface area contributed by atoms with Gasteiger partial charge in [-0.2, -0.15) is 0 Å². The number of aromatic nitrogens is 2. The molecule has 2 aromatic rings. The maximum atomic E-state index is 13.1. The highest BCUT2D eigenvalue weighted by Gasteiger charge is 2.33. The summed E-state index contributed by atoms with van der Waals surface area (Å²) in [7, 11) is 0. The van der Waals surface area contributed by atoms with Crippen molar-refractivity contribution in [1.82, 2.24) is 19.8 Å².